The summed E-state index contributed by atoms with van der Waals surface area (Å²) in [5, 5.41) is 10.7. The largest absolute Gasteiger partial charge is 0.293 e. The van der Waals surface area contributed by atoms with Crippen molar-refractivity contribution in [3.8, 4) is 0 Å². The molecule has 0 unspecified atom stereocenters. The number of carbonyl (C=O) groups is 1. The van der Waals surface area contributed by atoms with Gasteiger partial charge in [0.05, 0.1) is 16.4 Å². The molecule has 8 heteroatoms. The molecule has 0 amide bonds. The number of carbonyl (C=O) groups excluding carboxylic acids is 1. The summed E-state index contributed by atoms with van der Waals surface area (Å²) in [5.41, 5.74) is 0.0431. The highest BCUT2D eigenvalue weighted by atomic mass is 32.2. The minimum Gasteiger partial charge on any atom is -0.293 e. The molecule has 0 aliphatic rings. The van der Waals surface area contributed by atoms with Crippen LogP contribution in [-0.2, 0) is 10.0 Å². The number of hydrogen-bond donors (Lipinski definition) is 1. The second kappa shape index (κ2) is 6.46. The van der Waals surface area contributed by atoms with Gasteiger partial charge in [-0.15, -0.1) is 0 Å². The Morgan fingerprint density at radius 2 is 1.77 bits per heavy atom. The van der Waals surface area contributed by atoms with Crippen LogP contribution < -0.4 is 4.72 Å². The van der Waals surface area contributed by atoms with Crippen molar-refractivity contribution in [2.75, 3.05) is 6.54 Å². The molecular formula is C14H12N2O5S. The number of benzene rings is 2. The van der Waals surface area contributed by atoms with E-state index in [-0.39, 0.29) is 10.6 Å². The van der Waals surface area contributed by atoms with E-state index < -0.39 is 27.3 Å². The van der Waals surface area contributed by atoms with E-state index in [1.807, 2.05) is 0 Å². The fourth-order valence-electron chi connectivity index (χ4n) is 1.73. The first kappa shape index (κ1) is 15.8. The predicted molar refractivity (Wildman–Crippen MR) is 79.1 cm³/mol. The van der Waals surface area contributed by atoms with E-state index in [1.54, 1.807) is 30.3 Å². The molecule has 0 bridgehead atoms. The number of rotatable bonds is 6. The van der Waals surface area contributed by atoms with Crippen LogP contribution in [0.1, 0.15) is 10.4 Å². The van der Waals surface area contributed by atoms with Crippen molar-refractivity contribution in [3.05, 3.63) is 70.3 Å². The van der Waals surface area contributed by atoms with Crippen LogP contribution >= 0.6 is 0 Å². The highest BCUT2D eigenvalue weighted by Gasteiger charge is 2.18. The fraction of sp³-hybridized carbons (Fsp3) is 0.0714. The quantitative estimate of drug-likeness (QED) is 0.496. The van der Waals surface area contributed by atoms with E-state index in [2.05, 4.69) is 4.72 Å². The number of Topliss-reactive ketones (excluding diaryl/α,β-unsaturated/α-hetero) is 1. The van der Waals surface area contributed by atoms with Gasteiger partial charge in [0.2, 0.25) is 10.0 Å². The number of ketones is 1. The zero-order valence-corrected chi connectivity index (χ0v) is 12.1. The third kappa shape index (κ3) is 3.74. The topological polar surface area (TPSA) is 106 Å². The van der Waals surface area contributed by atoms with Crippen molar-refractivity contribution in [2.45, 2.75) is 4.90 Å². The number of non-ortho nitro benzene ring substituents is 1. The normalized spacial score (nSPS) is 11.1. The Balaban J connectivity index is 2.13. The van der Waals surface area contributed by atoms with Gasteiger partial charge in [-0.1, -0.05) is 36.4 Å². The lowest BCUT2D eigenvalue weighted by atomic mass is 10.1. The maximum absolute atomic E-state index is 12.1. The van der Waals surface area contributed by atoms with E-state index in [1.165, 1.54) is 18.2 Å². The molecule has 0 aromatic heterocycles. The third-order valence-corrected chi connectivity index (χ3v) is 4.26. The molecule has 2 aromatic carbocycles. The van der Waals surface area contributed by atoms with Crippen LogP contribution in [0.4, 0.5) is 5.69 Å². The molecule has 0 aliphatic heterocycles. The standard InChI is InChI=1S/C14H12N2O5S/c17-14(11-5-2-1-3-6-11)10-15-22(20,21)13-8-4-7-12(9-13)16(18)19/h1-9,15H,10H2. The second-order valence-electron chi connectivity index (χ2n) is 4.37. The monoisotopic (exact) mass is 320 g/mol. The van der Waals surface area contributed by atoms with Gasteiger partial charge in [-0.2, -0.15) is 0 Å². The van der Waals surface area contributed by atoms with Gasteiger partial charge < -0.3 is 0 Å². The first-order valence-electron chi connectivity index (χ1n) is 6.22. The highest BCUT2D eigenvalue weighted by Crippen LogP contribution is 2.17. The van der Waals surface area contributed by atoms with Gasteiger partial charge in [-0.05, 0) is 6.07 Å². The lowest BCUT2D eigenvalue weighted by Gasteiger charge is -2.06. The molecule has 22 heavy (non-hydrogen) atoms. The number of nitrogens with zero attached hydrogens (tertiary/aromatic N) is 1. The SMILES string of the molecule is O=C(CNS(=O)(=O)c1cccc([N+](=O)[O-])c1)c1ccccc1. The lowest BCUT2D eigenvalue weighted by Crippen LogP contribution is -2.29. The Kier molecular flexibility index (Phi) is 4.64. The lowest BCUT2D eigenvalue weighted by molar-refractivity contribution is -0.385. The first-order valence-corrected chi connectivity index (χ1v) is 7.71. The molecular weight excluding hydrogens is 308 g/mol. The maximum atomic E-state index is 12.1. The van der Waals surface area contributed by atoms with Gasteiger partial charge in [-0.25, -0.2) is 13.1 Å². The van der Waals surface area contributed by atoms with Crippen LogP contribution in [-0.4, -0.2) is 25.7 Å². The molecule has 1 N–H and O–H groups in total. The summed E-state index contributed by atoms with van der Waals surface area (Å²) in [6, 6.07) is 12.8. The van der Waals surface area contributed by atoms with E-state index in [0.29, 0.717) is 5.56 Å². The van der Waals surface area contributed by atoms with E-state index in [0.717, 1.165) is 6.07 Å². The van der Waals surface area contributed by atoms with Crippen molar-refractivity contribution in [1.82, 2.24) is 4.72 Å². The minimum atomic E-state index is -3.99. The Labute approximate surface area is 126 Å². The maximum Gasteiger partial charge on any atom is 0.270 e. The molecule has 0 heterocycles. The van der Waals surface area contributed by atoms with Gasteiger partial charge in [0.1, 0.15) is 0 Å². The average Bonchev–Trinajstić information content (AvgIpc) is 2.53. The molecule has 2 rings (SSSR count). The number of nitrogens with one attached hydrogen (secondary N) is 1. The molecule has 0 aliphatic carbocycles. The van der Waals surface area contributed by atoms with Gasteiger partial charge >= 0.3 is 0 Å². The molecule has 0 fully saturated rings. The minimum absolute atomic E-state index is 0.262. The molecule has 114 valence electrons. The fourth-order valence-corrected chi connectivity index (χ4v) is 2.76. The highest BCUT2D eigenvalue weighted by molar-refractivity contribution is 7.89. The smallest absolute Gasteiger partial charge is 0.270 e. The van der Waals surface area contributed by atoms with Crippen LogP contribution in [0.3, 0.4) is 0 Å². The van der Waals surface area contributed by atoms with Gasteiger partial charge in [0.15, 0.2) is 5.78 Å². The summed E-state index contributed by atoms with van der Waals surface area (Å²) >= 11 is 0. The van der Waals surface area contributed by atoms with E-state index in [9.17, 15) is 23.3 Å². The van der Waals surface area contributed by atoms with Crippen LogP contribution in [0.5, 0.6) is 0 Å². The van der Waals surface area contributed by atoms with Crippen molar-refractivity contribution in [3.63, 3.8) is 0 Å². The first-order chi connectivity index (χ1) is 10.4. The Hall–Kier alpha value is -2.58. The molecule has 7 nitrogen and oxygen atoms in total. The van der Waals surface area contributed by atoms with Gasteiger partial charge in [0.25, 0.3) is 5.69 Å². The van der Waals surface area contributed by atoms with Crippen LogP contribution in [0.25, 0.3) is 0 Å². The zero-order chi connectivity index (χ0) is 16.2. The molecule has 0 spiro atoms. The molecule has 0 saturated carbocycles. The summed E-state index contributed by atoms with van der Waals surface area (Å²) in [6.45, 7) is -0.422. The number of sulfonamides is 1. The van der Waals surface area contributed by atoms with E-state index >= 15 is 0 Å². The van der Waals surface area contributed by atoms with E-state index in [4.69, 9.17) is 0 Å². The number of hydrogen-bond acceptors (Lipinski definition) is 5. The van der Waals surface area contributed by atoms with Crippen LogP contribution in [0.15, 0.2) is 59.5 Å². The third-order valence-electron chi connectivity index (χ3n) is 2.86. The molecule has 0 saturated heterocycles. The summed E-state index contributed by atoms with van der Waals surface area (Å²) in [5.74, 6) is -0.394. The van der Waals surface area contributed by atoms with Crippen molar-refractivity contribution < 1.29 is 18.1 Å². The molecule has 0 atom stereocenters. The van der Waals surface area contributed by atoms with Gasteiger partial charge in [0, 0.05) is 17.7 Å². The Morgan fingerprint density at radius 1 is 1.09 bits per heavy atom. The molecule has 0 radical (unpaired) electrons. The Morgan fingerprint density at radius 3 is 2.41 bits per heavy atom. The van der Waals surface area contributed by atoms with Crippen molar-refractivity contribution in [2.24, 2.45) is 0 Å². The Bertz CT molecular complexity index is 803. The van der Waals surface area contributed by atoms with Crippen molar-refractivity contribution >= 4 is 21.5 Å². The summed E-state index contributed by atoms with van der Waals surface area (Å²) in [6.07, 6.45) is 0. The number of nitro benzene ring substituents is 1. The summed E-state index contributed by atoms with van der Waals surface area (Å²) in [7, 11) is -3.99. The summed E-state index contributed by atoms with van der Waals surface area (Å²) in [4.78, 5) is 21.6. The van der Waals surface area contributed by atoms with Crippen LogP contribution in [0, 0.1) is 10.1 Å². The number of nitro groups is 1. The predicted octanol–water partition coefficient (Wildman–Crippen LogP) is 1.76. The van der Waals surface area contributed by atoms with Crippen LogP contribution in [0.2, 0.25) is 0 Å². The zero-order valence-electron chi connectivity index (χ0n) is 11.3. The van der Waals surface area contributed by atoms with Gasteiger partial charge in [-0.3, -0.25) is 14.9 Å². The summed E-state index contributed by atoms with van der Waals surface area (Å²) < 4.78 is 26.3. The molecule has 2 aromatic rings. The van der Waals surface area contributed by atoms with Crippen molar-refractivity contribution in [1.29, 1.82) is 0 Å². The second-order valence-corrected chi connectivity index (χ2v) is 6.14. The average molecular weight is 320 g/mol.